The van der Waals surface area contributed by atoms with Gasteiger partial charge in [-0.25, -0.2) is 13.1 Å². The molecule has 0 aromatic carbocycles. The topological polar surface area (TPSA) is 70.0 Å². The maximum atomic E-state index is 10.9. The van der Waals surface area contributed by atoms with Gasteiger partial charge in [0.1, 0.15) is 0 Å². The molecule has 0 radical (unpaired) electrons. The Balaban J connectivity index is 3.48. The first kappa shape index (κ1) is 12.2. The zero-order valence-corrected chi connectivity index (χ0v) is 8.73. The highest BCUT2D eigenvalue weighted by Gasteiger charge is 2.06. The van der Waals surface area contributed by atoms with Crippen LogP contribution in [0.15, 0.2) is 0 Å². The van der Waals surface area contributed by atoms with Crippen LogP contribution in [-0.2, 0) is 10.0 Å². The lowest BCUT2D eigenvalue weighted by atomic mass is 10.2. The Hall–Kier alpha value is -0.760. The third-order valence-electron chi connectivity index (χ3n) is 1.72. The van der Waals surface area contributed by atoms with E-state index in [1.165, 1.54) is 6.19 Å². The molecule has 0 aromatic rings. The Bertz CT molecular complexity index is 254. The van der Waals surface area contributed by atoms with Crippen LogP contribution in [0.4, 0.5) is 0 Å². The van der Waals surface area contributed by atoms with Crippen molar-refractivity contribution in [1.82, 2.24) is 4.72 Å². The minimum atomic E-state index is -3.33. The van der Waals surface area contributed by atoms with Gasteiger partial charge < -0.3 is 0 Å². The second kappa shape index (κ2) is 6.72. The van der Waals surface area contributed by atoms with Crippen LogP contribution in [0.1, 0.15) is 39.0 Å². The molecule has 0 heterocycles. The molecular formula is C8H16N2O2S. The van der Waals surface area contributed by atoms with Gasteiger partial charge in [0.25, 0.3) is 0 Å². The van der Waals surface area contributed by atoms with Gasteiger partial charge in [0.05, 0.1) is 5.75 Å². The van der Waals surface area contributed by atoms with Gasteiger partial charge in [-0.1, -0.05) is 32.6 Å². The van der Waals surface area contributed by atoms with Crippen LogP contribution in [0.5, 0.6) is 0 Å². The molecule has 0 saturated carbocycles. The molecule has 5 heteroatoms. The average molecular weight is 204 g/mol. The normalized spacial score (nSPS) is 10.8. The Kier molecular flexibility index (Phi) is 6.33. The summed E-state index contributed by atoms with van der Waals surface area (Å²) in [4.78, 5) is 0. The number of nitrogens with zero attached hydrogens (tertiary/aromatic N) is 1. The summed E-state index contributed by atoms with van der Waals surface area (Å²) in [6.07, 6.45) is 6.33. The summed E-state index contributed by atoms with van der Waals surface area (Å²) in [6.45, 7) is 2.11. The van der Waals surface area contributed by atoms with E-state index in [0.717, 1.165) is 25.7 Å². The van der Waals surface area contributed by atoms with Crippen molar-refractivity contribution in [3.63, 3.8) is 0 Å². The van der Waals surface area contributed by atoms with E-state index in [2.05, 4.69) is 6.92 Å². The van der Waals surface area contributed by atoms with Crippen molar-refractivity contribution in [2.45, 2.75) is 39.0 Å². The monoisotopic (exact) mass is 204 g/mol. The largest absolute Gasteiger partial charge is 0.240 e. The Morgan fingerprint density at radius 2 is 1.85 bits per heavy atom. The first-order valence-electron chi connectivity index (χ1n) is 4.51. The van der Waals surface area contributed by atoms with Crippen molar-refractivity contribution < 1.29 is 8.42 Å². The summed E-state index contributed by atoms with van der Waals surface area (Å²) in [5.74, 6) is 0.0598. The molecule has 0 aromatic heterocycles. The summed E-state index contributed by atoms with van der Waals surface area (Å²) < 4.78 is 23.6. The minimum Gasteiger partial charge on any atom is -0.219 e. The molecule has 0 aliphatic heterocycles. The van der Waals surface area contributed by atoms with Crippen LogP contribution in [0.3, 0.4) is 0 Å². The van der Waals surface area contributed by atoms with E-state index in [0.29, 0.717) is 6.42 Å². The highest BCUT2D eigenvalue weighted by Crippen LogP contribution is 2.03. The van der Waals surface area contributed by atoms with Crippen LogP contribution in [0.25, 0.3) is 0 Å². The van der Waals surface area contributed by atoms with Crippen LogP contribution in [0, 0.1) is 11.5 Å². The highest BCUT2D eigenvalue weighted by molar-refractivity contribution is 7.89. The van der Waals surface area contributed by atoms with Crippen LogP contribution in [0.2, 0.25) is 0 Å². The predicted molar refractivity (Wildman–Crippen MR) is 51.3 cm³/mol. The van der Waals surface area contributed by atoms with Crippen molar-refractivity contribution in [2.75, 3.05) is 5.75 Å². The molecule has 1 N–H and O–H groups in total. The summed E-state index contributed by atoms with van der Waals surface area (Å²) in [7, 11) is -3.33. The number of hydrogen-bond donors (Lipinski definition) is 1. The first-order valence-corrected chi connectivity index (χ1v) is 6.16. The van der Waals surface area contributed by atoms with Crippen molar-refractivity contribution in [1.29, 1.82) is 5.26 Å². The van der Waals surface area contributed by atoms with E-state index < -0.39 is 10.0 Å². The molecule has 0 atom stereocenters. The molecule has 0 unspecified atom stereocenters. The zero-order chi connectivity index (χ0) is 10.2. The van der Waals surface area contributed by atoms with Gasteiger partial charge in [0.15, 0.2) is 6.19 Å². The smallest absolute Gasteiger partial charge is 0.219 e. The van der Waals surface area contributed by atoms with E-state index in [-0.39, 0.29) is 5.75 Å². The Labute approximate surface area is 80.0 Å². The van der Waals surface area contributed by atoms with E-state index >= 15 is 0 Å². The van der Waals surface area contributed by atoms with Crippen molar-refractivity contribution in [2.24, 2.45) is 0 Å². The molecular weight excluding hydrogens is 188 g/mol. The summed E-state index contributed by atoms with van der Waals surface area (Å²) >= 11 is 0. The van der Waals surface area contributed by atoms with E-state index in [4.69, 9.17) is 5.26 Å². The van der Waals surface area contributed by atoms with Gasteiger partial charge in [-0.05, 0) is 6.42 Å². The third kappa shape index (κ3) is 7.60. The molecule has 13 heavy (non-hydrogen) atoms. The molecule has 0 aliphatic rings. The molecule has 0 spiro atoms. The van der Waals surface area contributed by atoms with Crippen LogP contribution < -0.4 is 4.72 Å². The van der Waals surface area contributed by atoms with Crippen molar-refractivity contribution in [3.8, 4) is 6.19 Å². The van der Waals surface area contributed by atoms with Gasteiger partial charge in [-0.15, -0.1) is 0 Å². The number of nitrogens with one attached hydrogen (secondary N) is 1. The lowest BCUT2D eigenvalue weighted by molar-refractivity contribution is 0.582. The molecule has 0 aliphatic carbocycles. The standard InChI is InChI=1S/C8H16N2O2S/c1-2-3-4-5-6-7-13(11,12)10-8-9/h10H,2-7H2,1H3. The van der Waals surface area contributed by atoms with Gasteiger partial charge in [-0.2, -0.15) is 5.26 Å². The molecule has 0 rings (SSSR count). The Morgan fingerprint density at radius 3 is 2.38 bits per heavy atom. The molecule has 0 amide bonds. The van der Waals surface area contributed by atoms with Crippen LogP contribution in [-0.4, -0.2) is 14.2 Å². The maximum Gasteiger partial charge on any atom is 0.240 e. The summed E-state index contributed by atoms with van der Waals surface area (Å²) in [5.41, 5.74) is 0. The molecule has 0 bridgehead atoms. The van der Waals surface area contributed by atoms with Crippen LogP contribution >= 0.6 is 0 Å². The molecule has 76 valence electrons. The number of rotatable bonds is 7. The third-order valence-corrected chi connectivity index (χ3v) is 2.95. The maximum absolute atomic E-state index is 10.9. The van der Waals surface area contributed by atoms with Gasteiger partial charge in [0, 0.05) is 0 Å². The average Bonchev–Trinajstić information content (AvgIpc) is 2.04. The van der Waals surface area contributed by atoms with Crippen molar-refractivity contribution in [3.05, 3.63) is 0 Å². The second-order valence-electron chi connectivity index (χ2n) is 2.95. The molecule has 4 nitrogen and oxygen atoms in total. The van der Waals surface area contributed by atoms with Gasteiger partial charge >= 0.3 is 0 Å². The molecule has 0 saturated heterocycles. The van der Waals surface area contributed by atoms with Gasteiger partial charge in [0.2, 0.25) is 10.0 Å². The Morgan fingerprint density at radius 1 is 1.23 bits per heavy atom. The fourth-order valence-corrected chi connectivity index (χ4v) is 1.84. The van der Waals surface area contributed by atoms with Gasteiger partial charge in [-0.3, -0.25) is 0 Å². The number of sulfonamides is 1. The van der Waals surface area contributed by atoms with E-state index in [1.54, 1.807) is 4.72 Å². The zero-order valence-electron chi connectivity index (χ0n) is 7.91. The molecule has 0 fully saturated rings. The minimum absolute atomic E-state index is 0.0598. The summed E-state index contributed by atoms with van der Waals surface area (Å²) in [6, 6.07) is 0. The predicted octanol–water partition coefficient (Wildman–Crippen LogP) is 1.36. The van der Waals surface area contributed by atoms with E-state index in [1.807, 2.05) is 0 Å². The SMILES string of the molecule is CCCCCCCS(=O)(=O)NC#N. The first-order chi connectivity index (χ1) is 6.12. The lowest BCUT2D eigenvalue weighted by Crippen LogP contribution is -2.21. The second-order valence-corrected chi connectivity index (χ2v) is 4.79. The lowest BCUT2D eigenvalue weighted by Gasteiger charge is -2.00. The number of unbranched alkanes of at least 4 members (excludes halogenated alkanes) is 4. The van der Waals surface area contributed by atoms with Crippen molar-refractivity contribution >= 4 is 10.0 Å². The quantitative estimate of drug-likeness (QED) is 0.386. The fraction of sp³-hybridized carbons (Fsp3) is 0.875. The number of hydrogen-bond acceptors (Lipinski definition) is 3. The fourth-order valence-electron chi connectivity index (χ4n) is 1.02. The number of nitriles is 1. The highest BCUT2D eigenvalue weighted by atomic mass is 32.2. The van der Waals surface area contributed by atoms with E-state index in [9.17, 15) is 8.42 Å². The summed E-state index contributed by atoms with van der Waals surface area (Å²) in [5, 5.41) is 8.10.